The molecule has 0 spiro atoms. The average molecular weight is 105 g/mol. The van der Waals surface area contributed by atoms with Gasteiger partial charge in [-0.25, -0.2) is 0 Å². The van der Waals surface area contributed by atoms with Gasteiger partial charge in [0.1, 0.15) is 0 Å². The number of rotatable bonds is 0. The van der Waals surface area contributed by atoms with Crippen LogP contribution >= 0.6 is 0 Å². The number of hydrogen-bond acceptors (Lipinski definition) is 3. The number of nitriles is 1. The summed E-state index contributed by atoms with van der Waals surface area (Å²) in [6, 6.07) is 1.87. The van der Waals surface area contributed by atoms with Crippen molar-refractivity contribution in [1.82, 2.24) is 0 Å². The highest BCUT2D eigenvalue weighted by atomic mass is 15.2. The summed E-state index contributed by atoms with van der Waals surface area (Å²) in [4.78, 5) is 0. The highest BCUT2D eigenvalue weighted by Gasteiger charge is 1.90. The first-order valence-corrected chi connectivity index (χ1v) is 2.09. The van der Waals surface area contributed by atoms with E-state index in [-0.39, 0.29) is 0 Å². The molecule has 0 aliphatic carbocycles. The van der Waals surface area contributed by atoms with E-state index in [0.29, 0.717) is 0 Å². The molecule has 3 nitrogen and oxygen atoms in total. The van der Waals surface area contributed by atoms with Crippen LogP contribution in [-0.2, 0) is 0 Å². The largest absolute Gasteiger partial charge is 0.193 e. The van der Waals surface area contributed by atoms with Gasteiger partial charge in [0.2, 0.25) is 0 Å². The van der Waals surface area contributed by atoms with Gasteiger partial charge < -0.3 is 0 Å². The van der Waals surface area contributed by atoms with Gasteiger partial charge in [-0.05, 0) is 0 Å². The summed E-state index contributed by atoms with van der Waals surface area (Å²) in [6.45, 7) is 0. The molecule has 0 bridgehead atoms. The first kappa shape index (κ1) is 4.72. The van der Waals surface area contributed by atoms with Crippen molar-refractivity contribution < 1.29 is 0 Å². The van der Waals surface area contributed by atoms with Crippen LogP contribution in [0.25, 0.3) is 0 Å². The summed E-state index contributed by atoms with van der Waals surface area (Å²) >= 11 is 0. The molecule has 0 aromatic rings. The van der Waals surface area contributed by atoms with Crippen molar-refractivity contribution in [2.45, 2.75) is 0 Å². The predicted octanol–water partition coefficient (Wildman–Crippen LogP) is 0.507. The molecule has 8 heavy (non-hydrogen) atoms. The van der Waals surface area contributed by atoms with E-state index in [1.807, 2.05) is 6.07 Å². The van der Waals surface area contributed by atoms with Crippen molar-refractivity contribution in [2.75, 3.05) is 0 Å². The molecule has 1 rings (SSSR count). The van der Waals surface area contributed by atoms with Gasteiger partial charge in [-0.15, -0.1) is 0 Å². The van der Waals surface area contributed by atoms with Gasteiger partial charge in [-0.3, -0.25) is 0 Å². The summed E-state index contributed by atoms with van der Waals surface area (Å²) < 4.78 is 0. The molecule has 0 atom stereocenters. The third-order valence-electron chi connectivity index (χ3n) is 0.711. The van der Waals surface area contributed by atoms with E-state index >= 15 is 0 Å². The first-order chi connectivity index (χ1) is 3.93. The monoisotopic (exact) mass is 105 g/mol. The molecule has 0 saturated heterocycles. The maximum atomic E-state index is 8.08. The van der Waals surface area contributed by atoms with Gasteiger partial charge in [0.15, 0.2) is 0 Å². The Morgan fingerprint density at radius 2 is 2.12 bits per heavy atom. The lowest BCUT2D eigenvalue weighted by Crippen LogP contribution is -1.76. The van der Waals surface area contributed by atoms with Crippen LogP contribution in [0.2, 0.25) is 0 Å². The highest BCUT2D eigenvalue weighted by molar-refractivity contribution is 6.07. The van der Waals surface area contributed by atoms with Crippen LogP contribution in [0.15, 0.2) is 21.9 Å². The molecule has 0 saturated carbocycles. The van der Waals surface area contributed by atoms with Crippen molar-refractivity contribution in [2.24, 2.45) is 10.2 Å². The summed E-state index contributed by atoms with van der Waals surface area (Å²) in [5.41, 5.74) is 0.757. The smallest absolute Gasteiger partial charge is 0.0919 e. The van der Waals surface area contributed by atoms with Crippen LogP contribution < -0.4 is 0 Å². The lowest BCUT2D eigenvalue weighted by atomic mass is 10.3. The van der Waals surface area contributed by atoms with Crippen molar-refractivity contribution in [1.29, 1.82) is 5.26 Å². The quantitative estimate of drug-likeness (QED) is 0.414. The Kier molecular flexibility index (Phi) is 1.20. The van der Waals surface area contributed by atoms with Gasteiger partial charge in [0.05, 0.1) is 18.5 Å². The van der Waals surface area contributed by atoms with E-state index in [0.717, 1.165) is 5.57 Å². The van der Waals surface area contributed by atoms with Crippen LogP contribution in [0, 0.1) is 11.3 Å². The standard InChI is InChI=1S/C5H3N3/c6-2-1-5-3-7-8-4-5/h1,3-4H. The molecule has 0 radical (unpaired) electrons. The zero-order chi connectivity index (χ0) is 5.82. The van der Waals surface area contributed by atoms with Gasteiger partial charge in [-0.2, -0.15) is 15.5 Å². The molecular weight excluding hydrogens is 102 g/mol. The second-order valence-corrected chi connectivity index (χ2v) is 1.26. The fourth-order valence-electron chi connectivity index (χ4n) is 0.382. The number of hydrogen-bond donors (Lipinski definition) is 0. The number of allylic oxidation sites excluding steroid dienone is 2. The van der Waals surface area contributed by atoms with Crippen LogP contribution in [-0.4, -0.2) is 12.4 Å². The Bertz CT molecular complexity index is 190. The van der Waals surface area contributed by atoms with Crippen molar-refractivity contribution >= 4 is 12.4 Å². The Morgan fingerprint density at radius 3 is 2.62 bits per heavy atom. The minimum Gasteiger partial charge on any atom is -0.193 e. The average Bonchev–Trinajstić information content (AvgIpc) is 2.19. The van der Waals surface area contributed by atoms with E-state index < -0.39 is 0 Å². The van der Waals surface area contributed by atoms with Crippen LogP contribution in [0.1, 0.15) is 0 Å². The summed E-state index contributed by atoms with van der Waals surface area (Å²) in [6.07, 6.45) is 4.45. The third kappa shape index (κ3) is 0.793. The lowest BCUT2D eigenvalue weighted by Gasteiger charge is -1.70. The van der Waals surface area contributed by atoms with Gasteiger partial charge in [-0.1, -0.05) is 0 Å². The van der Waals surface area contributed by atoms with E-state index in [1.165, 1.54) is 18.5 Å². The Balaban J connectivity index is 2.79. The van der Waals surface area contributed by atoms with Crippen LogP contribution in [0.4, 0.5) is 0 Å². The molecule has 1 aliphatic rings. The normalized spacial score (nSPS) is 14.1. The third-order valence-corrected chi connectivity index (χ3v) is 0.711. The molecular formula is C5H3N3. The predicted molar refractivity (Wildman–Crippen MR) is 30.7 cm³/mol. The molecule has 1 aliphatic heterocycles. The van der Waals surface area contributed by atoms with Crippen LogP contribution in [0.3, 0.4) is 0 Å². The van der Waals surface area contributed by atoms with E-state index in [4.69, 9.17) is 5.26 Å². The van der Waals surface area contributed by atoms with Gasteiger partial charge in [0, 0.05) is 11.6 Å². The van der Waals surface area contributed by atoms with Crippen molar-refractivity contribution in [3.63, 3.8) is 0 Å². The first-order valence-electron chi connectivity index (χ1n) is 2.09. The number of nitrogens with zero attached hydrogens (tertiary/aromatic N) is 3. The zero-order valence-corrected chi connectivity index (χ0v) is 4.07. The second-order valence-electron chi connectivity index (χ2n) is 1.26. The van der Waals surface area contributed by atoms with E-state index in [1.54, 1.807) is 0 Å². The minimum atomic E-state index is 0.757. The fourth-order valence-corrected chi connectivity index (χ4v) is 0.382. The maximum absolute atomic E-state index is 8.08. The maximum Gasteiger partial charge on any atom is 0.0919 e. The molecule has 0 unspecified atom stereocenters. The van der Waals surface area contributed by atoms with Gasteiger partial charge >= 0.3 is 0 Å². The molecule has 3 heteroatoms. The molecule has 0 aromatic carbocycles. The van der Waals surface area contributed by atoms with E-state index in [9.17, 15) is 0 Å². The Labute approximate surface area is 46.7 Å². The van der Waals surface area contributed by atoms with E-state index in [2.05, 4.69) is 10.2 Å². The summed E-state index contributed by atoms with van der Waals surface area (Å²) in [5.74, 6) is 0. The molecule has 0 fully saturated rings. The fraction of sp³-hybridized carbons (Fsp3) is 0. The highest BCUT2D eigenvalue weighted by Crippen LogP contribution is 1.91. The van der Waals surface area contributed by atoms with Crippen molar-refractivity contribution in [3.8, 4) is 6.07 Å². The minimum absolute atomic E-state index is 0.757. The SMILES string of the molecule is N#CC=C1C=NN=C1. The summed E-state index contributed by atoms with van der Waals surface area (Å²) in [7, 11) is 0. The van der Waals surface area contributed by atoms with Crippen molar-refractivity contribution in [3.05, 3.63) is 11.6 Å². The topological polar surface area (TPSA) is 48.5 Å². The summed E-state index contributed by atoms with van der Waals surface area (Å²) in [5, 5.41) is 15.1. The second kappa shape index (κ2) is 2.03. The Morgan fingerprint density at radius 1 is 1.50 bits per heavy atom. The Hall–Kier alpha value is -1.43. The molecule has 0 amide bonds. The zero-order valence-electron chi connectivity index (χ0n) is 4.07. The molecule has 1 heterocycles. The molecule has 0 N–H and O–H groups in total. The molecule has 38 valence electrons. The lowest BCUT2D eigenvalue weighted by molar-refractivity contribution is 1.29. The molecule has 0 aromatic heterocycles. The van der Waals surface area contributed by atoms with Crippen LogP contribution in [0.5, 0.6) is 0 Å². The van der Waals surface area contributed by atoms with Gasteiger partial charge in [0.25, 0.3) is 0 Å².